The van der Waals surface area contributed by atoms with Crippen LogP contribution in [0.1, 0.15) is 23.7 Å². The first-order valence-electron chi connectivity index (χ1n) is 6.42. The average Bonchev–Trinajstić information content (AvgIpc) is 2.68. The Bertz CT molecular complexity index is 541. The first kappa shape index (κ1) is 12.8. The summed E-state index contributed by atoms with van der Waals surface area (Å²) in [5.41, 5.74) is 6.35. The molecule has 0 aliphatic rings. The average molecular weight is 243 g/mol. The van der Waals surface area contributed by atoms with Crippen molar-refractivity contribution in [2.45, 2.75) is 27.3 Å². The molecule has 1 aromatic heterocycles. The molecule has 1 aromatic carbocycles. The Morgan fingerprint density at radius 1 is 1.22 bits per heavy atom. The highest BCUT2D eigenvalue weighted by molar-refractivity contribution is 5.69. The van der Waals surface area contributed by atoms with Crippen LogP contribution >= 0.6 is 0 Å². The quantitative estimate of drug-likeness (QED) is 0.895. The summed E-state index contributed by atoms with van der Waals surface area (Å²) in [6.45, 7) is 8.26. The largest absolute Gasteiger partial charge is 0.313 e. The lowest BCUT2D eigenvalue weighted by atomic mass is 9.98. The molecule has 2 rings (SSSR count). The normalized spacial score (nSPS) is 10.9. The van der Waals surface area contributed by atoms with Gasteiger partial charge < -0.3 is 5.32 Å². The summed E-state index contributed by atoms with van der Waals surface area (Å²) >= 11 is 0. The minimum Gasteiger partial charge on any atom is -0.313 e. The van der Waals surface area contributed by atoms with E-state index in [2.05, 4.69) is 49.4 Å². The lowest BCUT2D eigenvalue weighted by molar-refractivity contribution is 0.727. The molecule has 0 unspecified atom stereocenters. The molecule has 96 valence electrons. The molecular weight excluding hydrogens is 222 g/mol. The molecule has 0 spiro atoms. The molecule has 0 bridgehead atoms. The third kappa shape index (κ3) is 2.46. The van der Waals surface area contributed by atoms with Crippen molar-refractivity contribution in [3.05, 3.63) is 41.2 Å². The topological polar surface area (TPSA) is 29.9 Å². The van der Waals surface area contributed by atoms with Crippen LogP contribution in [0, 0.1) is 13.8 Å². The van der Waals surface area contributed by atoms with Gasteiger partial charge in [-0.3, -0.25) is 4.68 Å². The zero-order chi connectivity index (χ0) is 13.1. The van der Waals surface area contributed by atoms with E-state index in [1.165, 1.54) is 27.9 Å². The van der Waals surface area contributed by atoms with E-state index < -0.39 is 0 Å². The summed E-state index contributed by atoms with van der Waals surface area (Å²) in [5, 5.41) is 7.73. The Morgan fingerprint density at radius 2 is 2.00 bits per heavy atom. The zero-order valence-electron chi connectivity index (χ0n) is 11.6. The van der Waals surface area contributed by atoms with Crippen molar-refractivity contribution in [3.63, 3.8) is 0 Å². The van der Waals surface area contributed by atoms with Crippen molar-refractivity contribution in [2.24, 2.45) is 7.05 Å². The lowest BCUT2D eigenvalue weighted by Crippen LogP contribution is -2.12. The molecule has 0 atom stereocenters. The second kappa shape index (κ2) is 5.36. The number of aromatic nitrogens is 2. The van der Waals surface area contributed by atoms with E-state index in [1.54, 1.807) is 0 Å². The van der Waals surface area contributed by atoms with Crippen LogP contribution in [0.25, 0.3) is 11.1 Å². The van der Waals surface area contributed by atoms with E-state index in [4.69, 9.17) is 0 Å². The van der Waals surface area contributed by atoms with Gasteiger partial charge in [0, 0.05) is 24.8 Å². The smallest absolute Gasteiger partial charge is 0.0571 e. The van der Waals surface area contributed by atoms with Gasteiger partial charge in [-0.1, -0.05) is 30.7 Å². The number of hydrogen-bond donors (Lipinski definition) is 1. The van der Waals surface area contributed by atoms with Crippen LogP contribution < -0.4 is 5.32 Å². The number of rotatable bonds is 4. The number of hydrogen-bond acceptors (Lipinski definition) is 2. The van der Waals surface area contributed by atoms with Crippen LogP contribution in [0.5, 0.6) is 0 Å². The van der Waals surface area contributed by atoms with Crippen LogP contribution in [-0.2, 0) is 13.6 Å². The Balaban J connectivity index is 2.47. The van der Waals surface area contributed by atoms with Crippen molar-refractivity contribution in [3.8, 4) is 11.1 Å². The van der Waals surface area contributed by atoms with Crippen LogP contribution in [0.15, 0.2) is 24.4 Å². The highest BCUT2D eigenvalue weighted by Crippen LogP contribution is 2.27. The van der Waals surface area contributed by atoms with Gasteiger partial charge in [0.2, 0.25) is 0 Å². The lowest BCUT2D eigenvalue weighted by Gasteiger charge is -2.11. The zero-order valence-corrected chi connectivity index (χ0v) is 11.6. The maximum atomic E-state index is 4.34. The van der Waals surface area contributed by atoms with Crippen LogP contribution in [0.2, 0.25) is 0 Å². The fourth-order valence-electron chi connectivity index (χ4n) is 2.12. The van der Waals surface area contributed by atoms with Crippen molar-refractivity contribution in [2.75, 3.05) is 6.54 Å². The monoisotopic (exact) mass is 243 g/mol. The number of nitrogens with one attached hydrogen (secondary N) is 1. The second-order valence-corrected chi connectivity index (χ2v) is 4.71. The molecule has 0 radical (unpaired) electrons. The molecular formula is C15H21N3. The van der Waals surface area contributed by atoms with Crippen LogP contribution in [0.4, 0.5) is 0 Å². The summed E-state index contributed by atoms with van der Waals surface area (Å²) in [7, 11) is 1.98. The maximum Gasteiger partial charge on any atom is 0.0571 e. The standard InChI is InChI=1S/C15H21N3/c1-5-16-9-13-7-6-11(2)8-14(13)15-10-17-18(4)12(15)3/h6-8,10,16H,5,9H2,1-4H3. The first-order valence-corrected chi connectivity index (χ1v) is 6.42. The third-order valence-corrected chi connectivity index (χ3v) is 3.36. The van der Waals surface area contributed by atoms with Gasteiger partial charge in [-0.15, -0.1) is 0 Å². The highest BCUT2D eigenvalue weighted by Gasteiger charge is 2.10. The van der Waals surface area contributed by atoms with Gasteiger partial charge in [0.1, 0.15) is 0 Å². The molecule has 0 amide bonds. The Kier molecular flexibility index (Phi) is 3.82. The molecule has 3 nitrogen and oxygen atoms in total. The fourth-order valence-corrected chi connectivity index (χ4v) is 2.12. The van der Waals surface area contributed by atoms with E-state index >= 15 is 0 Å². The van der Waals surface area contributed by atoms with Gasteiger partial charge in [0.25, 0.3) is 0 Å². The molecule has 0 fully saturated rings. The summed E-state index contributed by atoms with van der Waals surface area (Å²) in [4.78, 5) is 0. The van der Waals surface area contributed by atoms with Crippen molar-refractivity contribution >= 4 is 0 Å². The second-order valence-electron chi connectivity index (χ2n) is 4.71. The minimum absolute atomic E-state index is 0.903. The molecule has 0 saturated carbocycles. The maximum absolute atomic E-state index is 4.34. The molecule has 18 heavy (non-hydrogen) atoms. The summed E-state index contributed by atoms with van der Waals surface area (Å²) in [6, 6.07) is 6.62. The third-order valence-electron chi connectivity index (χ3n) is 3.36. The van der Waals surface area contributed by atoms with Crippen LogP contribution in [-0.4, -0.2) is 16.3 Å². The number of aryl methyl sites for hydroxylation is 2. The SMILES string of the molecule is CCNCc1ccc(C)cc1-c1cnn(C)c1C. The van der Waals surface area contributed by atoms with Gasteiger partial charge in [-0.05, 0) is 31.5 Å². The Labute approximate surface area is 109 Å². The van der Waals surface area contributed by atoms with E-state index in [1.807, 2.05) is 17.9 Å². The Hall–Kier alpha value is -1.61. The van der Waals surface area contributed by atoms with E-state index in [0.29, 0.717) is 0 Å². The predicted octanol–water partition coefficient (Wildman–Crippen LogP) is 2.81. The van der Waals surface area contributed by atoms with Crippen molar-refractivity contribution in [1.82, 2.24) is 15.1 Å². The van der Waals surface area contributed by atoms with E-state index in [0.717, 1.165) is 13.1 Å². The summed E-state index contributed by atoms with van der Waals surface area (Å²) in [6.07, 6.45) is 1.96. The minimum atomic E-state index is 0.903. The van der Waals surface area contributed by atoms with Gasteiger partial charge in [0.05, 0.1) is 6.20 Å². The van der Waals surface area contributed by atoms with Crippen molar-refractivity contribution in [1.29, 1.82) is 0 Å². The molecule has 1 heterocycles. The van der Waals surface area contributed by atoms with Gasteiger partial charge >= 0.3 is 0 Å². The Morgan fingerprint density at radius 3 is 2.61 bits per heavy atom. The molecule has 0 aliphatic heterocycles. The first-order chi connectivity index (χ1) is 8.63. The fraction of sp³-hybridized carbons (Fsp3) is 0.400. The molecule has 3 heteroatoms. The predicted molar refractivity (Wildman–Crippen MR) is 75.5 cm³/mol. The number of nitrogens with zero attached hydrogens (tertiary/aromatic N) is 2. The van der Waals surface area contributed by atoms with Gasteiger partial charge in [-0.25, -0.2) is 0 Å². The molecule has 0 aliphatic carbocycles. The van der Waals surface area contributed by atoms with Crippen LogP contribution in [0.3, 0.4) is 0 Å². The molecule has 1 N–H and O–H groups in total. The molecule has 2 aromatic rings. The highest BCUT2D eigenvalue weighted by atomic mass is 15.3. The summed E-state index contributed by atoms with van der Waals surface area (Å²) < 4.78 is 1.93. The molecule has 0 saturated heterocycles. The van der Waals surface area contributed by atoms with Crippen molar-refractivity contribution < 1.29 is 0 Å². The van der Waals surface area contributed by atoms with E-state index in [9.17, 15) is 0 Å². The number of benzene rings is 1. The van der Waals surface area contributed by atoms with Gasteiger partial charge in [0.15, 0.2) is 0 Å². The van der Waals surface area contributed by atoms with Gasteiger partial charge in [-0.2, -0.15) is 5.10 Å². The summed E-state index contributed by atoms with van der Waals surface area (Å²) in [5.74, 6) is 0. The van der Waals surface area contributed by atoms with E-state index in [-0.39, 0.29) is 0 Å².